The molecule has 3 rings (SSSR count). The lowest BCUT2D eigenvalue weighted by Crippen LogP contribution is -2.21. The molecule has 0 aliphatic heterocycles. The predicted molar refractivity (Wildman–Crippen MR) is 131 cm³/mol. The molecule has 3 aromatic rings. The van der Waals surface area contributed by atoms with Crippen molar-refractivity contribution in [2.45, 2.75) is 13.5 Å². The van der Waals surface area contributed by atoms with Gasteiger partial charge in [-0.2, -0.15) is 0 Å². The number of hydrogen-bond donors (Lipinski definition) is 3. The number of carbonyl (C=O) groups excluding carboxylic acids is 1. The smallest absolute Gasteiger partial charge is 0.262 e. The summed E-state index contributed by atoms with van der Waals surface area (Å²) in [4.78, 5) is 12.4. The largest absolute Gasteiger partial charge is 0.505 e. The van der Waals surface area contributed by atoms with Gasteiger partial charge in [-0.25, -0.2) is 0 Å². The third-order valence-corrected chi connectivity index (χ3v) is 5.88. The number of rotatable bonds is 8. The highest BCUT2D eigenvalue weighted by molar-refractivity contribution is 9.10. The molecule has 0 aromatic heterocycles. The zero-order chi connectivity index (χ0) is 23.3. The third kappa shape index (κ3) is 6.00. The van der Waals surface area contributed by atoms with Gasteiger partial charge in [0.25, 0.3) is 5.91 Å². The van der Waals surface area contributed by atoms with E-state index in [1.807, 2.05) is 37.3 Å². The van der Waals surface area contributed by atoms with Crippen LogP contribution >= 0.6 is 39.1 Å². The summed E-state index contributed by atoms with van der Waals surface area (Å²) in [5.74, 6) is 0.427. The average molecular weight is 540 g/mol. The van der Waals surface area contributed by atoms with E-state index in [9.17, 15) is 9.90 Å². The molecule has 0 saturated carbocycles. The fourth-order valence-electron chi connectivity index (χ4n) is 2.90. The van der Waals surface area contributed by atoms with Crippen molar-refractivity contribution >= 4 is 56.4 Å². The SMILES string of the molecule is COc1ccc(Br)c(CNc2cc(Cl)c(O)c(Cl)c2)c1OCC(=O)Nc1ccc(C)cc1. The van der Waals surface area contributed by atoms with Crippen molar-refractivity contribution in [3.05, 3.63) is 74.2 Å². The Bertz CT molecular complexity index is 1100. The van der Waals surface area contributed by atoms with Crippen molar-refractivity contribution in [2.75, 3.05) is 24.4 Å². The second-order valence-corrected chi connectivity index (χ2v) is 8.57. The van der Waals surface area contributed by atoms with Crippen LogP contribution in [0.2, 0.25) is 10.0 Å². The molecule has 0 bridgehead atoms. The molecule has 0 heterocycles. The topological polar surface area (TPSA) is 79.8 Å². The second-order valence-electron chi connectivity index (χ2n) is 6.90. The van der Waals surface area contributed by atoms with E-state index in [4.69, 9.17) is 32.7 Å². The van der Waals surface area contributed by atoms with E-state index in [0.717, 1.165) is 15.6 Å². The lowest BCUT2D eigenvalue weighted by Gasteiger charge is -2.18. The number of carbonyl (C=O) groups is 1. The molecule has 6 nitrogen and oxygen atoms in total. The highest BCUT2D eigenvalue weighted by Crippen LogP contribution is 2.38. The van der Waals surface area contributed by atoms with Gasteiger partial charge in [0.05, 0.1) is 17.2 Å². The number of methoxy groups -OCH3 is 1. The van der Waals surface area contributed by atoms with Crippen LogP contribution in [0.5, 0.6) is 17.2 Å². The Morgan fingerprint density at radius 3 is 2.34 bits per heavy atom. The van der Waals surface area contributed by atoms with E-state index in [2.05, 4.69) is 26.6 Å². The number of hydrogen-bond acceptors (Lipinski definition) is 5. The monoisotopic (exact) mass is 538 g/mol. The van der Waals surface area contributed by atoms with Crippen molar-refractivity contribution in [3.8, 4) is 17.2 Å². The zero-order valence-corrected chi connectivity index (χ0v) is 20.4. The molecule has 0 aliphatic rings. The van der Waals surface area contributed by atoms with Crippen LogP contribution in [0.1, 0.15) is 11.1 Å². The normalized spacial score (nSPS) is 10.5. The lowest BCUT2D eigenvalue weighted by molar-refractivity contribution is -0.118. The van der Waals surface area contributed by atoms with Crippen LogP contribution in [-0.4, -0.2) is 24.7 Å². The van der Waals surface area contributed by atoms with Gasteiger partial charge < -0.3 is 25.2 Å². The second kappa shape index (κ2) is 10.8. The summed E-state index contributed by atoms with van der Waals surface area (Å²) in [6, 6.07) is 14.2. The van der Waals surface area contributed by atoms with Crippen LogP contribution in [0.4, 0.5) is 11.4 Å². The first-order valence-corrected chi connectivity index (χ1v) is 11.1. The molecule has 3 aromatic carbocycles. The van der Waals surface area contributed by atoms with E-state index in [1.54, 1.807) is 18.2 Å². The first-order chi connectivity index (χ1) is 15.3. The molecule has 0 spiro atoms. The van der Waals surface area contributed by atoms with Gasteiger partial charge in [-0.3, -0.25) is 4.79 Å². The molecule has 0 fully saturated rings. The van der Waals surface area contributed by atoms with Gasteiger partial charge in [-0.15, -0.1) is 0 Å². The maximum atomic E-state index is 12.4. The summed E-state index contributed by atoms with van der Waals surface area (Å²) in [5.41, 5.74) is 3.13. The highest BCUT2D eigenvalue weighted by atomic mass is 79.9. The summed E-state index contributed by atoms with van der Waals surface area (Å²) in [5, 5.41) is 16.0. The fourth-order valence-corrected chi connectivity index (χ4v) is 3.84. The summed E-state index contributed by atoms with van der Waals surface area (Å²) < 4.78 is 12.0. The van der Waals surface area contributed by atoms with E-state index >= 15 is 0 Å². The van der Waals surface area contributed by atoms with Crippen molar-refractivity contribution in [3.63, 3.8) is 0 Å². The summed E-state index contributed by atoms with van der Waals surface area (Å²) >= 11 is 15.5. The first kappa shape index (κ1) is 24.0. The van der Waals surface area contributed by atoms with Crippen molar-refractivity contribution in [1.29, 1.82) is 0 Å². The lowest BCUT2D eigenvalue weighted by atomic mass is 10.1. The predicted octanol–water partition coefficient (Wildman–Crippen LogP) is 6.41. The Hall–Kier alpha value is -2.61. The molecule has 3 N–H and O–H groups in total. The van der Waals surface area contributed by atoms with Crippen LogP contribution < -0.4 is 20.1 Å². The molecule has 168 valence electrons. The van der Waals surface area contributed by atoms with Gasteiger partial charge in [0, 0.05) is 28.0 Å². The van der Waals surface area contributed by atoms with E-state index in [1.165, 1.54) is 7.11 Å². The maximum absolute atomic E-state index is 12.4. The number of anilines is 2. The first-order valence-electron chi connectivity index (χ1n) is 9.55. The molecule has 32 heavy (non-hydrogen) atoms. The van der Waals surface area contributed by atoms with Gasteiger partial charge in [0.1, 0.15) is 0 Å². The minimum absolute atomic E-state index is 0.133. The number of amides is 1. The Kier molecular flexibility index (Phi) is 8.12. The number of nitrogens with one attached hydrogen (secondary N) is 2. The number of phenols is 1. The Morgan fingerprint density at radius 2 is 1.72 bits per heavy atom. The van der Waals surface area contributed by atoms with Crippen molar-refractivity contribution in [1.82, 2.24) is 0 Å². The Balaban J connectivity index is 1.75. The van der Waals surface area contributed by atoms with Gasteiger partial charge in [-0.05, 0) is 43.3 Å². The van der Waals surface area contributed by atoms with Gasteiger partial charge >= 0.3 is 0 Å². The molecule has 0 radical (unpaired) electrons. The van der Waals surface area contributed by atoms with Crippen LogP contribution in [0.3, 0.4) is 0 Å². The molecule has 9 heteroatoms. The van der Waals surface area contributed by atoms with Crippen molar-refractivity contribution in [2.24, 2.45) is 0 Å². The fraction of sp³-hybridized carbons (Fsp3) is 0.174. The van der Waals surface area contributed by atoms with E-state index in [-0.39, 0.29) is 28.3 Å². The van der Waals surface area contributed by atoms with Crippen LogP contribution in [0, 0.1) is 6.92 Å². The maximum Gasteiger partial charge on any atom is 0.262 e. The van der Waals surface area contributed by atoms with E-state index < -0.39 is 0 Å². The Labute approximate surface area is 204 Å². The molecule has 0 unspecified atom stereocenters. The van der Waals surface area contributed by atoms with Crippen LogP contribution in [0.15, 0.2) is 53.0 Å². The average Bonchev–Trinajstić information content (AvgIpc) is 2.76. The van der Waals surface area contributed by atoms with Gasteiger partial charge in [-0.1, -0.05) is 56.8 Å². The number of ether oxygens (including phenoxy) is 2. The minimum atomic E-state index is -0.299. The number of halogens is 3. The quantitative estimate of drug-likeness (QED) is 0.288. The standard InChI is InChI=1S/C23H21BrCl2N2O4/c1-13-3-5-14(6-4-13)28-21(29)12-32-23-16(17(24)7-8-20(23)31-2)11-27-15-9-18(25)22(30)19(26)10-15/h3-10,27,30H,11-12H2,1-2H3,(H,28,29). The number of phenolic OH excluding ortho intramolecular Hbond substituents is 1. The minimum Gasteiger partial charge on any atom is -0.505 e. The summed E-state index contributed by atoms with van der Waals surface area (Å²) in [6.45, 7) is 2.08. The molecule has 1 amide bonds. The number of aromatic hydroxyl groups is 1. The van der Waals surface area contributed by atoms with E-state index in [0.29, 0.717) is 29.4 Å². The molecular formula is C23H21BrCl2N2O4. The zero-order valence-electron chi connectivity index (χ0n) is 17.3. The Morgan fingerprint density at radius 1 is 1.06 bits per heavy atom. The van der Waals surface area contributed by atoms with Gasteiger partial charge in [0.2, 0.25) is 0 Å². The number of benzene rings is 3. The van der Waals surface area contributed by atoms with Gasteiger partial charge in [0.15, 0.2) is 23.9 Å². The molecular weight excluding hydrogens is 519 g/mol. The molecule has 0 aliphatic carbocycles. The highest BCUT2D eigenvalue weighted by Gasteiger charge is 2.17. The van der Waals surface area contributed by atoms with Crippen LogP contribution in [0.25, 0.3) is 0 Å². The summed E-state index contributed by atoms with van der Waals surface area (Å²) in [7, 11) is 1.53. The van der Waals surface area contributed by atoms with Crippen LogP contribution in [-0.2, 0) is 11.3 Å². The summed E-state index contributed by atoms with van der Waals surface area (Å²) in [6.07, 6.45) is 0. The molecule has 0 saturated heterocycles. The number of aryl methyl sites for hydroxylation is 1. The molecule has 0 atom stereocenters. The van der Waals surface area contributed by atoms with Crippen molar-refractivity contribution < 1.29 is 19.4 Å². The third-order valence-electron chi connectivity index (χ3n) is 4.56.